The van der Waals surface area contributed by atoms with E-state index < -0.39 is 5.92 Å². The van der Waals surface area contributed by atoms with E-state index in [-0.39, 0.29) is 30.8 Å². The number of aromatic nitrogens is 1. The summed E-state index contributed by atoms with van der Waals surface area (Å²) in [6.07, 6.45) is 2.07. The number of amides is 1. The molecule has 1 saturated carbocycles. The van der Waals surface area contributed by atoms with E-state index in [1.807, 2.05) is 12.1 Å². The average Bonchev–Trinajstić information content (AvgIpc) is 3.23. The van der Waals surface area contributed by atoms with Gasteiger partial charge >= 0.3 is 0 Å². The molecule has 2 N–H and O–H groups in total. The summed E-state index contributed by atoms with van der Waals surface area (Å²) in [6.45, 7) is 1.70. The van der Waals surface area contributed by atoms with Crippen molar-refractivity contribution < 1.29 is 13.6 Å². The lowest BCUT2D eigenvalue weighted by atomic mass is 9.85. The second-order valence-electron chi connectivity index (χ2n) is 8.27. The highest BCUT2D eigenvalue weighted by atomic mass is 32.1. The first-order chi connectivity index (χ1) is 13.5. The van der Waals surface area contributed by atoms with E-state index in [1.165, 1.54) is 11.3 Å². The monoisotopic (exact) mass is 406 g/mol. The number of hydrogen-bond donors (Lipinski definition) is 2. The molecule has 4 atom stereocenters. The zero-order valence-electron chi connectivity index (χ0n) is 15.5. The highest BCUT2D eigenvalue weighted by Gasteiger charge is 2.50. The van der Waals surface area contributed by atoms with E-state index in [0.717, 1.165) is 36.1 Å². The molecule has 28 heavy (non-hydrogen) atoms. The molecule has 1 aliphatic carbocycles. The number of carbonyl (C=O) groups is 1. The highest BCUT2D eigenvalue weighted by molar-refractivity contribution is 7.16. The Morgan fingerprint density at radius 1 is 1.25 bits per heavy atom. The standard InChI is InChI=1S/C20H24F2N4OS/c21-20(22)6-5-15(17(8-20)26-13-2-3-14(26)10-23-9-13)25-19(27)12-1-4-16-18(7-12)28-11-24-16/h1,4,7,11,13-15,17,23H,2-3,5-6,8-10H2,(H,25,27). The van der Waals surface area contributed by atoms with Crippen LogP contribution in [0.2, 0.25) is 0 Å². The summed E-state index contributed by atoms with van der Waals surface area (Å²) in [4.78, 5) is 19.4. The topological polar surface area (TPSA) is 57.3 Å². The second-order valence-corrected chi connectivity index (χ2v) is 9.16. The van der Waals surface area contributed by atoms with Crippen molar-refractivity contribution in [3.63, 3.8) is 0 Å². The van der Waals surface area contributed by atoms with E-state index >= 15 is 0 Å². The molecule has 3 heterocycles. The van der Waals surface area contributed by atoms with Crippen LogP contribution in [0.3, 0.4) is 0 Å². The maximum absolute atomic E-state index is 14.3. The molecule has 4 unspecified atom stereocenters. The molecule has 5 nitrogen and oxygen atoms in total. The molecule has 5 rings (SSSR count). The van der Waals surface area contributed by atoms with Gasteiger partial charge in [-0.15, -0.1) is 11.3 Å². The van der Waals surface area contributed by atoms with Crippen molar-refractivity contribution in [1.29, 1.82) is 0 Å². The Bertz CT molecular complexity index is 872. The van der Waals surface area contributed by atoms with Crippen LogP contribution < -0.4 is 10.6 Å². The largest absolute Gasteiger partial charge is 0.348 e. The number of fused-ring (bicyclic) bond motifs is 3. The van der Waals surface area contributed by atoms with Gasteiger partial charge in [-0.05, 0) is 37.5 Å². The third-order valence-corrected chi connectivity index (χ3v) is 7.31. The Labute approximate surface area is 166 Å². The Hall–Kier alpha value is -1.64. The van der Waals surface area contributed by atoms with Crippen LogP contribution in [0.5, 0.6) is 0 Å². The molecule has 2 aromatic rings. The van der Waals surface area contributed by atoms with Crippen LogP contribution in [0.25, 0.3) is 10.2 Å². The highest BCUT2D eigenvalue weighted by Crippen LogP contribution is 2.40. The van der Waals surface area contributed by atoms with E-state index in [4.69, 9.17) is 0 Å². The third-order valence-electron chi connectivity index (χ3n) is 6.52. The molecule has 3 aliphatic rings. The van der Waals surface area contributed by atoms with Gasteiger partial charge in [0, 0.05) is 55.7 Å². The first-order valence-electron chi connectivity index (χ1n) is 10.0. The van der Waals surface area contributed by atoms with E-state index in [9.17, 15) is 13.6 Å². The first-order valence-corrected chi connectivity index (χ1v) is 10.9. The number of halogens is 2. The van der Waals surface area contributed by atoms with E-state index in [0.29, 0.717) is 24.1 Å². The van der Waals surface area contributed by atoms with Crippen LogP contribution in [-0.4, -0.2) is 59.0 Å². The second kappa shape index (κ2) is 7.00. The zero-order valence-corrected chi connectivity index (χ0v) is 16.4. The van der Waals surface area contributed by atoms with Crippen molar-refractivity contribution in [2.45, 2.75) is 62.2 Å². The number of carbonyl (C=O) groups excluding carboxylic acids is 1. The first kappa shape index (κ1) is 18.4. The zero-order chi connectivity index (χ0) is 19.3. The van der Waals surface area contributed by atoms with Crippen molar-refractivity contribution in [1.82, 2.24) is 20.5 Å². The van der Waals surface area contributed by atoms with Gasteiger partial charge in [0.15, 0.2) is 0 Å². The van der Waals surface area contributed by atoms with Gasteiger partial charge in [-0.1, -0.05) is 0 Å². The predicted octanol–water partition coefficient (Wildman–Crippen LogP) is 3.02. The number of alkyl halides is 2. The summed E-state index contributed by atoms with van der Waals surface area (Å²) in [7, 11) is 0. The molecule has 0 spiro atoms. The fourth-order valence-electron chi connectivity index (χ4n) is 5.19. The van der Waals surface area contributed by atoms with Crippen LogP contribution >= 0.6 is 11.3 Å². The van der Waals surface area contributed by atoms with Gasteiger partial charge in [0.05, 0.1) is 15.7 Å². The van der Waals surface area contributed by atoms with Gasteiger partial charge in [0.25, 0.3) is 5.91 Å². The quantitative estimate of drug-likeness (QED) is 0.823. The lowest BCUT2D eigenvalue weighted by Crippen LogP contribution is -2.64. The Morgan fingerprint density at radius 2 is 2.04 bits per heavy atom. The van der Waals surface area contributed by atoms with Crippen LogP contribution in [0, 0.1) is 0 Å². The molecular formula is C20H24F2N4OS. The number of nitrogens with zero attached hydrogens (tertiary/aromatic N) is 2. The maximum atomic E-state index is 14.3. The number of piperazine rings is 1. The molecule has 150 valence electrons. The minimum absolute atomic E-state index is 0.163. The molecule has 8 heteroatoms. The lowest BCUT2D eigenvalue weighted by molar-refractivity contribution is -0.0835. The van der Waals surface area contributed by atoms with Crippen molar-refractivity contribution in [2.24, 2.45) is 0 Å². The van der Waals surface area contributed by atoms with Gasteiger partial charge in [-0.25, -0.2) is 13.8 Å². The van der Waals surface area contributed by atoms with Gasteiger partial charge in [0.2, 0.25) is 5.92 Å². The van der Waals surface area contributed by atoms with Crippen molar-refractivity contribution in [3.8, 4) is 0 Å². The summed E-state index contributed by atoms with van der Waals surface area (Å²) in [5, 5.41) is 6.51. The molecule has 1 amide bonds. The predicted molar refractivity (Wildman–Crippen MR) is 105 cm³/mol. The minimum atomic E-state index is -2.66. The summed E-state index contributed by atoms with van der Waals surface area (Å²) >= 11 is 1.49. The Balaban J connectivity index is 1.38. The van der Waals surface area contributed by atoms with Gasteiger partial charge in [-0.3, -0.25) is 9.69 Å². The smallest absolute Gasteiger partial charge is 0.251 e. The van der Waals surface area contributed by atoms with E-state index in [2.05, 4.69) is 20.5 Å². The van der Waals surface area contributed by atoms with Crippen LogP contribution in [0.4, 0.5) is 8.78 Å². The van der Waals surface area contributed by atoms with E-state index in [1.54, 1.807) is 11.6 Å². The molecule has 2 bridgehead atoms. The Kier molecular flexibility index (Phi) is 4.60. The summed E-state index contributed by atoms with van der Waals surface area (Å²) in [5.41, 5.74) is 3.19. The molecular weight excluding hydrogens is 382 g/mol. The fourth-order valence-corrected chi connectivity index (χ4v) is 5.91. The van der Waals surface area contributed by atoms with Gasteiger partial charge in [-0.2, -0.15) is 0 Å². The lowest BCUT2D eigenvalue weighted by Gasteiger charge is -2.47. The summed E-state index contributed by atoms with van der Waals surface area (Å²) < 4.78 is 29.6. The maximum Gasteiger partial charge on any atom is 0.251 e. The number of benzene rings is 1. The molecule has 2 aliphatic heterocycles. The average molecular weight is 407 g/mol. The SMILES string of the molecule is O=C(NC1CCC(F)(F)CC1N1C2CCC1CNC2)c1ccc2ncsc2c1. The summed E-state index contributed by atoms with van der Waals surface area (Å²) in [5.74, 6) is -2.84. The summed E-state index contributed by atoms with van der Waals surface area (Å²) in [6, 6.07) is 5.48. The van der Waals surface area contributed by atoms with Gasteiger partial charge in [0.1, 0.15) is 0 Å². The van der Waals surface area contributed by atoms with Crippen LogP contribution in [0.1, 0.15) is 42.5 Å². The van der Waals surface area contributed by atoms with Crippen LogP contribution in [0.15, 0.2) is 23.7 Å². The van der Waals surface area contributed by atoms with Crippen molar-refractivity contribution in [2.75, 3.05) is 13.1 Å². The Morgan fingerprint density at radius 3 is 2.82 bits per heavy atom. The number of nitrogens with one attached hydrogen (secondary N) is 2. The number of rotatable bonds is 3. The normalized spacial score (nSPS) is 32.5. The molecule has 3 fully saturated rings. The number of thiazole rings is 1. The third kappa shape index (κ3) is 3.31. The van der Waals surface area contributed by atoms with Crippen LogP contribution in [-0.2, 0) is 0 Å². The van der Waals surface area contributed by atoms with Gasteiger partial charge < -0.3 is 10.6 Å². The molecule has 0 radical (unpaired) electrons. The molecule has 2 saturated heterocycles. The minimum Gasteiger partial charge on any atom is -0.348 e. The van der Waals surface area contributed by atoms with Crippen molar-refractivity contribution in [3.05, 3.63) is 29.3 Å². The number of hydrogen-bond acceptors (Lipinski definition) is 5. The van der Waals surface area contributed by atoms with Crippen molar-refractivity contribution >= 4 is 27.5 Å². The molecule has 1 aromatic heterocycles. The fraction of sp³-hybridized carbons (Fsp3) is 0.600. The molecule has 1 aromatic carbocycles.